The highest BCUT2D eigenvalue weighted by Crippen LogP contribution is 2.27. The topological polar surface area (TPSA) is 26.3 Å². The highest BCUT2D eigenvalue weighted by molar-refractivity contribution is 6.19. The molecule has 3 rings (SSSR count). The average molecular weight is 248 g/mol. The lowest BCUT2D eigenvalue weighted by molar-refractivity contribution is -0.131. The second kappa shape index (κ2) is 4.94. The number of carbonyl (C=O) groups excluding carboxylic acids is 1. The van der Waals surface area contributed by atoms with E-state index in [0.29, 0.717) is 11.3 Å². The first-order valence-electron chi connectivity index (χ1n) is 6.09. The van der Waals surface area contributed by atoms with Crippen LogP contribution in [-0.2, 0) is 9.53 Å². The summed E-state index contributed by atoms with van der Waals surface area (Å²) < 4.78 is 5.26. The Kier molecular flexibility index (Phi) is 2.99. The number of hydrogen-bond donors (Lipinski definition) is 0. The van der Waals surface area contributed by atoms with Gasteiger partial charge in [-0.3, -0.25) is 0 Å². The zero-order valence-corrected chi connectivity index (χ0v) is 10.2. The van der Waals surface area contributed by atoms with E-state index in [1.807, 2.05) is 66.7 Å². The van der Waals surface area contributed by atoms with Crippen molar-refractivity contribution in [3.8, 4) is 0 Å². The quantitative estimate of drug-likeness (QED) is 0.758. The van der Waals surface area contributed by atoms with Crippen molar-refractivity contribution < 1.29 is 9.53 Å². The maximum absolute atomic E-state index is 11.8. The Morgan fingerprint density at radius 3 is 2.16 bits per heavy atom. The van der Waals surface area contributed by atoms with Crippen LogP contribution < -0.4 is 0 Å². The predicted octanol–water partition coefficient (Wildman–Crippen LogP) is 3.67. The number of ether oxygens (including phenoxy) is 1. The fourth-order valence-electron chi connectivity index (χ4n) is 2.00. The van der Waals surface area contributed by atoms with E-state index < -0.39 is 0 Å². The summed E-state index contributed by atoms with van der Waals surface area (Å²) in [5, 5.41) is 0. The van der Waals surface area contributed by atoms with E-state index in [2.05, 4.69) is 0 Å². The molecule has 0 unspecified atom stereocenters. The van der Waals surface area contributed by atoms with Gasteiger partial charge in [0.2, 0.25) is 0 Å². The minimum Gasteiger partial charge on any atom is -0.423 e. The molecule has 0 fully saturated rings. The molecule has 2 heteroatoms. The molecular formula is C17H12O2. The third-order valence-electron chi connectivity index (χ3n) is 2.91. The lowest BCUT2D eigenvalue weighted by atomic mass is 10.1. The number of hydrogen-bond acceptors (Lipinski definition) is 2. The number of esters is 1. The summed E-state index contributed by atoms with van der Waals surface area (Å²) in [7, 11) is 0. The monoisotopic (exact) mass is 248 g/mol. The number of cyclic esters (lactones) is 1. The molecule has 0 saturated carbocycles. The summed E-state index contributed by atoms with van der Waals surface area (Å²) in [4.78, 5) is 11.8. The first kappa shape index (κ1) is 11.5. The van der Waals surface area contributed by atoms with Gasteiger partial charge in [0.05, 0.1) is 5.57 Å². The van der Waals surface area contributed by atoms with Gasteiger partial charge in [-0.15, -0.1) is 0 Å². The van der Waals surface area contributed by atoms with Crippen LogP contribution >= 0.6 is 0 Å². The van der Waals surface area contributed by atoms with Gasteiger partial charge >= 0.3 is 5.97 Å². The standard InChI is InChI=1S/C17H12O2/c18-17-16(14-9-5-2-6-10-14)12-15(19-17)11-13-7-3-1-4-8-13/h1-12H. The van der Waals surface area contributed by atoms with Crippen LogP contribution in [0.15, 0.2) is 72.5 Å². The van der Waals surface area contributed by atoms with E-state index >= 15 is 0 Å². The fraction of sp³-hybridized carbons (Fsp3) is 0. The minimum atomic E-state index is -0.298. The van der Waals surface area contributed by atoms with Gasteiger partial charge in [0.15, 0.2) is 0 Å². The van der Waals surface area contributed by atoms with Gasteiger partial charge in [-0.25, -0.2) is 4.79 Å². The Morgan fingerprint density at radius 1 is 0.842 bits per heavy atom. The van der Waals surface area contributed by atoms with Crippen LogP contribution in [0.3, 0.4) is 0 Å². The normalized spacial score (nSPS) is 16.3. The summed E-state index contributed by atoms with van der Waals surface area (Å²) in [6.45, 7) is 0. The fourth-order valence-corrected chi connectivity index (χ4v) is 2.00. The van der Waals surface area contributed by atoms with Crippen molar-refractivity contribution in [3.05, 3.63) is 83.6 Å². The van der Waals surface area contributed by atoms with Crippen LogP contribution in [0.5, 0.6) is 0 Å². The Morgan fingerprint density at radius 2 is 1.47 bits per heavy atom. The van der Waals surface area contributed by atoms with E-state index in [1.165, 1.54) is 0 Å². The van der Waals surface area contributed by atoms with Crippen molar-refractivity contribution in [2.75, 3.05) is 0 Å². The van der Waals surface area contributed by atoms with Crippen LogP contribution in [0.25, 0.3) is 11.6 Å². The molecule has 0 amide bonds. The van der Waals surface area contributed by atoms with Crippen molar-refractivity contribution in [2.24, 2.45) is 0 Å². The molecule has 0 aliphatic carbocycles. The summed E-state index contributed by atoms with van der Waals surface area (Å²) in [6, 6.07) is 19.3. The van der Waals surface area contributed by atoms with E-state index in [9.17, 15) is 4.79 Å². The van der Waals surface area contributed by atoms with Crippen LogP contribution in [-0.4, -0.2) is 5.97 Å². The number of allylic oxidation sites excluding steroid dienone is 1. The second-order valence-electron chi connectivity index (χ2n) is 4.27. The van der Waals surface area contributed by atoms with Gasteiger partial charge in [0.1, 0.15) is 5.76 Å². The first-order valence-corrected chi connectivity index (χ1v) is 6.09. The van der Waals surface area contributed by atoms with Gasteiger partial charge in [-0.05, 0) is 23.3 Å². The molecule has 0 aromatic heterocycles. The summed E-state index contributed by atoms with van der Waals surface area (Å²) in [5.41, 5.74) is 2.49. The van der Waals surface area contributed by atoms with Gasteiger partial charge < -0.3 is 4.74 Å². The predicted molar refractivity (Wildman–Crippen MR) is 74.9 cm³/mol. The van der Waals surface area contributed by atoms with Gasteiger partial charge in [0, 0.05) is 0 Å². The Bertz CT molecular complexity index is 652. The summed E-state index contributed by atoms with van der Waals surface area (Å²) in [6.07, 6.45) is 3.64. The van der Waals surface area contributed by atoms with Crippen molar-refractivity contribution in [1.29, 1.82) is 0 Å². The summed E-state index contributed by atoms with van der Waals surface area (Å²) >= 11 is 0. The van der Waals surface area contributed by atoms with E-state index in [4.69, 9.17) is 4.74 Å². The van der Waals surface area contributed by atoms with E-state index in [0.717, 1.165) is 11.1 Å². The number of benzene rings is 2. The molecule has 0 bridgehead atoms. The first-order chi connectivity index (χ1) is 9.33. The van der Waals surface area contributed by atoms with Crippen LogP contribution in [0.2, 0.25) is 0 Å². The molecule has 2 aromatic rings. The molecule has 2 nitrogen and oxygen atoms in total. The molecule has 0 saturated heterocycles. The van der Waals surface area contributed by atoms with Crippen LogP contribution in [0, 0.1) is 0 Å². The van der Waals surface area contributed by atoms with Crippen molar-refractivity contribution in [3.63, 3.8) is 0 Å². The van der Waals surface area contributed by atoms with Crippen molar-refractivity contribution >= 4 is 17.6 Å². The number of rotatable bonds is 2. The molecular weight excluding hydrogens is 236 g/mol. The molecule has 0 N–H and O–H groups in total. The molecule has 0 spiro atoms. The molecule has 92 valence electrons. The third kappa shape index (κ3) is 2.47. The van der Waals surface area contributed by atoms with Crippen molar-refractivity contribution in [1.82, 2.24) is 0 Å². The largest absolute Gasteiger partial charge is 0.423 e. The Hall–Kier alpha value is -2.61. The van der Waals surface area contributed by atoms with Gasteiger partial charge in [-0.1, -0.05) is 60.7 Å². The van der Waals surface area contributed by atoms with Gasteiger partial charge in [-0.2, -0.15) is 0 Å². The zero-order valence-electron chi connectivity index (χ0n) is 10.2. The SMILES string of the molecule is O=C1OC(=Cc2ccccc2)C=C1c1ccccc1. The smallest absolute Gasteiger partial charge is 0.344 e. The Labute approximate surface area is 111 Å². The maximum atomic E-state index is 11.8. The van der Waals surface area contributed by atoms with Crippen molar-refractivity contribution in [2.45, 2.75) is 0 Å². The number of carbonyl (C=O) groups is 1. The summed E-state index contributed by atoms with van der Waals surface area (Å²) in [5.74, 6) is 0.281. The highest BCUT2D eigenvalue weighted by atomic mass is 16.5. The second-order valence-corrected chi connectivity index (χ2v) is 4.27. The lowest BCUT2D eigenvalue weighted by Crippen LogP contribution is -1.97. The average Bonchev–Trinajstić information content (AvgIpc) is 2.82. The molecule has 19 heavy (non-hydrogen) atoms. The van der Waals surface area contributed by atoms with Crippen LogP contribution in [0.1, 0.15) is 11.1 Å². The van der Waals surface area contributed by atoms with E-state index in [-0.39, 0.29) is 5.97 Å². The lowest BCUT2D eigenvalue weighted by Gasteiger charge is -1.98. The Balaban J connectivity index is 1.94. The molecule has 2 aromatic carbocycles. The molecule has 1 heterocycles. The van der Waals surface area contributed by atoms with Gasteiger partial charge in [0.25, 0.3) is 0 Å². The minimum absolute atomic E-state index is 0.298. The third-order valence-corrected chi connectivity index (χ3v) is 2.91. The molecule has 1 aliphatic heterocycles. The highest BCUT2D eigenvalue weighted by Gasteiger charge is 2.22. The molecule has 0 atom stereocenters. The maximum Gasteiger partial charge on any atom is 0.344 e. The molecule has 1 aliphatic rings. The molecule has 0 radical (unpaired) electrons. The zero-order chi connectivity index (χ0) is 13.1. The van der Waals surface area contributed by atoms with Crippen LogP contribution in [0.4, 0.5) is 0 Å². The van der Waals surface area contributed by atoms with E-state index in [1.54, 1.807) is 6.08 Å².